The monoisotopic (exact) mass is 210 g/mol. The van der Waals surface area contributed by atoms with Crippen molar-refractivity contribution in [3.05, 3.63) is 0 Å². The predicted octanol–water partition coefficient (Wildman–Crippen LogP) is 1.47. The number of rotatable bonds is 5. The molecule has 84 valence electrons. The highest BCUT2D eigenvalue weighted by Crippen LogP contribution is 2.33. The summed E-state index contributed by atoms with van der Waals surface area (Å²) >= 11 is 0. The van der Waals surface area contributed by atoms with Gasteiger partial charge in [-0.2, -0.15) is 5.26 Å². The number of nitriles is 1. The molecule has 2 atom stereocenters. The number of hydrogen-bond donors (Lipinski definition) is 1. The molecule has 0 aliphatic heterocycles. The van der Waals surface area contributed by atoms with Gasteiger partial charge in [-0.1, -0.05) is 0 Å². The molecular weight excluding hydrogens is 192 g/mol. The third kappa shape index (κ3) is 2.69. The molecular formula is C11H18N2O2. The van der Waals surface area contributed by atoms with Crippen molar-refractivity contribution < 1.29 is 9.90 Å². The summed E-state index contributed by atoms with van der Waals surface area (Å²) in [7, 11) is 0. The Bertz CT molecular complexity index is 270. The van der Waals surface area contributed by atoms with Crippen LogP contribution >= 0.6 is 0 Å². The average Bonchev–Trinajstić information content (AvgIpc) is 2.08. The second-order valence-corrected chi connectivity index (χ2v) is 4.33. The summed E-state index contributed by atoms with van der Waals surface area (Å²) in [5.41, 5.74) is 0. The highest BCUT2D eigenvalue weighted by atomic mass is 16.4. The summed E-state index contributed by atoms with van der Waals surface area (Å²) in [5, 5.41) is 17.5. The van der Waals surface area contributed by atoms with Crippen LogP contribution in [-0.2, 0) is 4.79 Å². The third-order valence-electron chi connectivity index (χ3n) is 3.13. The van der Waals surface area contributed by atoms with E-state index in [2.05, 4.69) is 24.8 Å². The van der Waals surface area contributed by atoms with Crippen molar-refractivity contribution >= 4 is 5.97 Å². The second kappa shape index (κ2) is 5.13. The largest absolute Gasteiger partial charge is 0.481 e. The van der Waals surface area contributed by atoms with Crippen molar-refractivity contribution in [2.75, 3.05) is 6.54 Å². The molecule has 1 aliphatic rings. The van der Waals surface area contributed by atoms with E-state index in [-0.39, 0.29) is 12.0 Å². The lowest BCUT2D eigenvalue weighted by molar-refractivity contribution is -0.149. The van der Waals surface area contributed by atoms with E-state index in [0.29, 0.717) is 19.0 Å². The smallest absolute Gasteiger partial charge is 0.308 e. The first-order chi connectivity index (χ1) is 7.07. The molecule has 0 radical (unpaired) electrons. The van der Waals surface area contributed by atoms with Crippen LogP contribution in [0.1, 0.15) is 33.1 Å². The van der Waals surface area contributed by atoms with E-state index in [1.165, 1.54) is 0 Å². The van der Waals surface area contributed by atoms with Crippen LogP contribution in [0.4, 0.5) is 0 Å². The normalized spacial score (nSPS) is 25.0. The van der Waals surface area contributed by atoms with Gasteiger partial charge in [-0.05, 0) is 26.7 Å². The fraction of sp³-hybridized carbons (Fsp3) is 0.818. The highest BCUT2D eigenvalue weighted by molar-refractivity contribution is 5.72. The Hall–Kier alpha value is -1.08. The van der Waals surface area contributed by atoms with E-state index in [4.69, 9.17) is 10.4 Å². The van der Waals surface area contributed by atoms with Crippen molar-refractivity contribution in [1.29, 1.82) is 5.26 Å². The molecule has 1 rings (SSSR count). The number of carbonyl (C=O) groups is 1. The van der Waals surface area contributed by atoms with Gasteiger partial charge in [-0.25, -0.2) is 0 Å². The first kappa shape index (κ1) is 12.0. The zero-order chi connectivity index (χ0) is 11.4. The molecule has 0 saturated heterocycles. The summed E-state index contributed by atoms with van der Waals surface area (Å²) in [6.45, 7) is 4.78. The van der Waals surface area contributed by atoms with Gasteiger partial charge in [-0.15, -0.1) is 0 Å². The van der Waals surface area contributed by atoms with Crippen molar-refractivity contribution in [3.63, 3.8) is 0 Å². The summed E-state index contributed by atoms with van der Waals surface area (Å²) in [6.07, 6.45) is 2.19. The summed E-state index contributed by atoms with van der Waals surface area (Å²) in [6, 6.07) is 2.56. The Morgan fingerprint density at radius 1 is 1.60 bits per heavy atom. The standard InChI is InChI=1S/C11H18N2O2/c1-8(2)13(7-3-6-12)10-5-4-9(10)11(14)15/h8-10H,3-5,7H2,1-2H3,(H,14,15). The highest BCUT2D eigenvalue weighted by Gasteiger charge is 2.40. The van der Waals surface area contributed by atoms with E-state index in [1.807, 2.05) is 0 Å². The molecule has 1 saturated carbocycles. The fourth-order valence-electron chi connectivity index (χ4n) is 2.15. The molecule has 1 fully saturated rings. The summed E-state index contributed by atoms with van der Waals surface area (Å²) in [4.78, 5) is 13.0. The van der Waals surface area contributed by atoms with Crippen LogP contribution in [0, 0.1) is 17.2 Å². The first-order valence-corrected chi connectivity index (χ1v) is 5.43. The zero-order valence-corrected chi connectivity index (χ0v) is 9.31. The molecule has 2 unspecified atom stereocenters. The molecule has 4 heteroatoms. The Balaban J connectivity index is 2.57. The topological polar surface area (TPSA) is 64.3 Å². The minimum Gasteiger partial charge on any atom is -0.481 e. The zero-order valence-electron chi connectivity index (χ0n) is 9.31. The lowest BCUT2D eigenvalue weighted by Gasteiger charge is -2.44. The Morgan fingerprint density at radius 3 is 2.60 bits per heavy atom. The molecule has 1 N–H and O–H groups in total. The molecule has 0 spiro atoms. The van der Waals surface area contributed by atoms with Crippen LogP contribution in [0.2, 0.25) is 0 Å². The molecule has 4 nitrogen and oxygen atoms in total. The van der Waals surface area contributed by atoms with E-state index in [9.17, 15) is 4.79 Å². The lowest BCUT2D eigenvalue weighted by atomic mass is 9.78. The van der Waals surface area contributed by atoms with Crippen LogP contribution in [0.5, 0.6) is 0 Å². The van der Waals surface area contributed by atoms with Crippen molar-refractivity contribution in [1.82, 2.24) is 4.90 Å². The Kier molecular flexibility index (Phi) is 4.10. The van der Waals surface area contributed by atoms with Gasteiger partial charge in [0.15, 0.2) is 0 Å². The minimum absolute atomic E-state index is 0.135. The summed E-state index contributed by atoms with van der Waals surface area (Å²) in [5.74, 6) is -0.931. The van der Waals surface area contributed by atoms with Gasteiger partial charge >= 0.3 is 5.97 Å². The number of carboxylic acid groups (broad SMARTS) is 1. The molecule has 0 bridgehead atoms. The van der Waals surface area contributed by atoms with Crippen molar-refractivity contribution in [2.45, 2.75) is 45.2 Å². The van der Waals surface area contributed by atoms with Gasteiger partial charge in [0.05, 0.1) is 12.0 Å². The van der Waals surface area contributed by atoms with Crippen LogP contribution < -0.4 is 0 Å². The number of aliphatic carboxylic acids is 1. The van der Waals surface area contributed by atoms with Crippen molar-refractivity contribution in [2.24, 2.45) is 5.92 Å². The molecule has 0 aromatic carbocycles. The van der Waals surface area contributed by atoms with Gasteiger partial charge < -0.3 is 5.11 Å². The third-order valence-corrected chi connectivity index (χ3v) is 3.13. The maximum Gasteiger partial charge on any atom is 0.308 e. The van der Waals surface area contributed by atoms with Crippen LogP contribution in [0.3, 0.4) is 0 Å². The number of hydrogen-bond acceptors (Lipinski definition) is 3. The van der Waals surface area contributed by atoms with Gasteiger partial charge in [0.2, 0.25) is 0 Å². The molecule has 0 amide bonds. The number of carboxylic acids is 1. The van der Waals surface area contributed by atoms with E-state index >= 15 is 0 Å². The van der Waals surface area contributed by atoms with Crippen LogP contribution in [0.25, 0.3) is 0 Å². The van der Waals surface area contributed by atoms with Crippen molar-refractivity contribution in [3.8, 4) is 6.07 Å². The molecule has 15 heavy (non-hydrogen) atoms. The Morgan fingerprint density at radius 2 is 2.27 bits per heavy atom. The van der Waals surface area contributed by atoms with E-state index in [1.54, 1.807) is 0 Å². The lowest BCUT2D eigenvalue weighted by Crippen LogP contribution is -2.53. The van der Waals surface area contributed by atoms with E-state index < -0.39 is 5.97 Å². The SMILES string of the molecule is CC(C)N(CCC#N)C1CCC1C(=O)O. The summed E-state index contributed by atoms with van der Waals surface area (Å²) < 4.78 is 0. The number of nitrogens with zero attached hydrogens (tertiary/aromatic N) is 2. The molecule has 0 heterocycles. The predicted molar refractivity (Wildman–Crippen MR) is 56.2 cm³/mol. The molecule has 0 aromatic heterocycles. The Labute approximate surface area is 90.5 Å². The van der Waals surface area contributed by atoms with Crippen LogP contribution in [-0.4, -0.2) is 34.6 Å². The minimum atomic E-state index is -0.700. The first-order valence-electron chi connectivity index (χ1n) is 5.43. The average molecular weight is 210 g/mol. The van der Waals surface area contributed by atoms with Gasteiger partial charge in [-0.3, -0.25) is 9.69 Å². The van der Waals surface area contributed by atoms with E-state index in [0.717, 1.165) is 12.8 Å². The van der Waals surface area contributed by atoms with Gasteiger partial charge in [0.25, 0.3) is 0 Å². The quantitative estimate of drug-likeness (QED) is 0.746. The van der Waals surface area contributed by atoms with Crippen LogP contribution in [0.15, 0.2) is 0 Å². The molecule has 1 aliphatic carbocycles. The maximum absolute atomic E-state index is 10.9. The molecule has 0 aromatic rings. The van der Waals surface area contributed by atoms with Gasteiger partial charge in [0, 0.05) is 25.0 Å². The second-order valence-electron chi connectivity index (χ2n) is 4.33. The fourth-order valence-corrected chi connectivity index (χ4v) is 2.15. The maximum atomic E-state index is 10.9. The van der Waals surface area contributed by atoms with Gasteiger partial charge in [0.1, 0.15) is 0 Å².